The summed E-state index contributed by atoms with van der Waals surface area (Å²) in [7, 11) is 1.67. The van der Waals surface area contributed by atoms with E-state index in [4.69, 9.17) is 12.2 Å². The van der Waals surface area contributed by atoms with Crippen LogP contribution in [0.1, 0.15) is 9.67 Å². The third-order valence-corrected chi connectivity index (χ3v) is 3.68. The molecule has 0 unspecified atom stereocenters. The van der Waals surface area contributed by atoms with Crippen LogP contribution in [0.25, 0.3) is 10.1 Å². The molecule has 0 aliphatic rings. The molecule has 1 amide bonds. The first-order valence-electron chi connectivity index (χ1n) is 5.11. The fourth-order valence-corrected chi connectivity index (χ4v) is 2.72. The Bertz CT molecular complexity index is 609. The van der Waals surface area contributed by atoms with Crippen molar-refractivity contribution in [2.75, 3.05) is 19.3 Å². The normalized spacial score (nSPS) is 10.1. The van der Waals surface area contributed by atoms with E-state index in [0.29, 0.717) is 10.6 Å². The predicted molar refractivity (Wildman–Crippen MR) is 72.0 cm³/mol. The van der Waals surface area contributed by atoms with E-state index >= 15 is 0 Å². The average molecular weight is 244 g/mol. The van der Waals surface area contributed by atoms with E-state index in [1.54, 1.807) is 7.05 Å². The van der Waals surface area contributed by atoms with E-state index in [1.807, 2.05) is 24.3 Å². The van der Waals surface area contributed by atoms with Crippen molar-refractivity contribution < 1.29 is 4.79 Å². The number of terminal acetylenes is 1. The Morgan fingerprint density at radius 1 is 1.53 bits per heavy atom. The minimum Gasteiger partial charge on any atom is -0.397 e. The standard InChI is InChI=1S/C13H12N2OS/c1-3-8-15(2)13(16)12-11(14)9-6-4-5-7-10(9)17-12/h1,4-7H,8,14H2,2H3. The zero-order chi connectivity index (χ0) is 12.4. The highest BCUT2D eigenvalue weighted by Crippen LogP contribution is 2.33. The molecule has 1 aromatic carbocycles. The molecule has 17 heavy (non-hydrogen) atoms. The van der Waals surface area contributed by atoms with Gasteiger partial charge < -0.3 is 10.6 Å². The number of thiophene rings is 1. The number of nitrogen functional groups attached to an aromatic ring is 1. The van der Waals surface area contributed by atoms with Gasteiger partial charge in [-0.15, -0.1) is 17.8 Å². The summed E-state index contributed by atoms with van der Waals surface area (Å²) in [5.41, 5.74) is 6.53. The van der Waals surface area contributed by atoms with Crippen molar-refractivity contribution in [3.63, 3.8) is 0 Å². The summed E-state index contributed by atoms with van der Waals surface area (Å²) in [5.74, 6) is 2.32. The minimum absolute atomic E-state index is 0.123. The van der Waals surface area contributed by atoms with Gasteiger partial charge in [0.15, 0.2) is 0 Å². The maximum atomic E-state index is 12.1. The summed E-state index contributed by atoms with van der Waals surface area (Å²) in [4.78, 5) is 14.1. The number of anilines is 1. The van der Waals surface area contributed by atoms with Crippen molar-refractivity contribution in [1.29, 1.82) is 0 Å². The molecule has 2 N–H and O–H groups in total. The number of hydrogen-bond acceptors (Lipinski definition) is 3. The Morgan fingerprint density at radius 2 is 2.24 bits per heavy atom. The van der Waals surface area contributed by atoms with Crippen molar-refractivity contribution in [2.45, 2.75) is 0 Å². The molecule has 1 aromatic heterocycles. The van der Waals surface area contributed by atoms with Crippen LogP contribution in [0, 0.1) is 12.3 Å². The number of benzene rings is 1. The summed E-state index contributed by atoms with van der Waals surface area (Å²) in [6.45, 7) is 0.284. The molecule has 2 rings (SSSR count). The average Bonchev–Trinajstić information content (AvgIpc) is 2.67. The summed E-state index contributed by atoms with van der Waals surface area (Å²) < 4.78 is 1.02. The zero-order valence-electron chi connectivity index (χ0n) is 9.43. The van der Waals surface area contributed by atoms with Crippen LogP contribution in [0.3, 0.4) is 0 Å². The van der Waals surface area contributed by atoms with Gasteiger partial charge in [-0.25, -0.2) is 0 Å². The van der Waals surface area contributed by atoms with Crippen LogP contribution in [0.2, 0.25) is 0 Å². The maximum absolute atomic E-state index is 12.1. The van der Waals surface area contributed by atoms with Gasteiger partial charge in [0.2, 0.25) is 0 Å². The molecule has 0 atom stereocenters. The topological polar surface area (TPSA) is 46.3 Å². The molecule has 0 radical (unpaired) electrons. The van der Waals surface area contributed by atoms with Crippen molar-refractivity contribution in [1.82, 2.24) is 4.90 Å². The molecule has 1 heterocycles. The highest BCUT2D eigenvalue weighted by molar-refractivity contribution is 7.21. The van der Waals surface area contributed by atoms with Gasteiger partial charge in [0.05, 0.1) is 12.2 Å². The number of carbonyl (C=O) groups excluding carboxylic acids is 1. The summed E-state index contributed by atoms with van der Waals surface area (Å²) >= 11 is 1.40. The van der Waals surface area contributed by atoms with Crippen molar-refractivity contribution in [3.8, 4) is 12.3 Å². The lowest BCUT2D eigenvalue weighted by molar-refractivity contribution is 0.0818. The van der Waals surface area contributed by atoms with Gasteiger partial charge in [0, 0.05) is 17.1 Å². The van der Waals surface area contributed by atoms with Gasteiger partial charge in [-0.05, 0) is 6.07 Å². The Kier molecular flexibility index (Phi) is 3.03. The fourth-order valence-electron chi connectivity index (χ4n) is 1.61. The van der Waals surface area contributed by atoms with E-state index in [0.717, 1.165) is 10.1 Å². The van der Waals surface area contributed by atoms with Gasteiger partial charge in [0.1, 0.15) is 4.88 Å². The number of hydrogen-bond donors (Lipinski definition) is 1. The summed E-state index contributed by atoms with van der Waals surface area (Å²) in [6.07, 6.45) is 5.19. The zero-order valence-corrected chi connectivity index (χ0v) is 10.3. The lowest BCUT2D eigenvalue weighted by Gasteiger charge is -2.12. The molecule has 0 saturated carbocycles. The lowest BCUT2D eigenvalue weighted by atomic mass is 10.2. The van der Waals surface area contributed by atoms with Gasteiger partial charge >= 0.3 is 0 Å². The Morgan fingerprint density at radius 3 is 2.88 bits per heavy atom. The van der Waals surface area contributed by atoms with Crippen LogP contribution >= 0.6 is 11.3 Å². The molecular weight excluding hydrogens is 232 g/mol. The van der Waals surface area contributed by atoms with Crippen molar-refractivity contribution in [2.24, 2.45) is 0 Å². The number of nitrogens with zero attached hydrogens (tertiary/aromatic N) is 1. The molecule has 4 heteroatoms. The molecule has 0 bridgehead atoms. The van der Waals surface area contributed by atoms with Crippen LogP contribution < -0.4 is 5.73 Å². The summed E-state index contributed by atoms with van der Waals surface area (Å²) in [6, 6.07) is 7.70. The first-order valence-corrected chi connectivity index (χ1v) is 5.92. The molecule has 0 spiro atoms. The Hall–Kier alpha value is -1.99. The number of fused-ring (bicyclic) bond motifs is 1. The third kappa shape index (κ3) is 1.97. The fraction of sp³-hybridized carbons (Fsp3) is 0.154. The monoisotopic (exact) mass is 244 g/mol. The molecule has 0 saturated heterocycles. The van der Waals surface area contributed by atoms with Crippen LogP contribution in [-0.2, 0) is 0 Å². The van der Waals surface area contributed by atoms with Gasteiger partial charge in [0.25, 0.3) is 5.91 Å². The van der Waals surface area contributed by atoms with Crippen LogP contribution in [0.15, 0.2) is 24.3 Å². The van der Waals surface area contributed by atoms with E-state index in [1.165, 1.54) is 16.2 Å². The van der Waals surface area contributed by atoms with Crippen LogP contribution in [0.5, 0.6) is 0 Å². The highest BCUT2D eigenvalue weighted by Gasteiger charge is 2.18. The molecule has 0 aliphatic heterocycles. The quantitative estimate of drug-likeness (QED) is 0.823. The van der Waals surface area contributed by atoms with Crippen molar-refractivity contribution in [3.05, 3.63) is 29.1 Å². The van der Waals surface area contributed by atoms with Crippen molar-refractivity contribution >= 4 is 33.0 Å². The number of rotatable bonds is 2. The van der Waals surface area contributed by atoms with Crippen LogP contribution in [-0.4, -0.2) is 24.4 Å². The summed E-state index contributed by atoms with van der Waals surface area (Å²) in [5, 5.41) is 0.926. The molecule has 86 valence electrons. The highest BCUT2D eigenvalue weighted by atomic mass is 32.1. The minimum atomic E-state index is -0.123. The SMILES string of the molecule is C#CCN(C)C(=O)c1sc2ccccc2c1N. The second-order valence-electron chi connectivity index (χ2n) is 3.71. The Labute approximate surface area is 104 Å². The van der Waals surface area contributed by atoms with Gasteiger partial charge in [-0.3, -0.25) is 4.79 Å². The Balaban J connectivity index is 2.46. The number of nitrogens with two attached hydrogens (primary N) is 1. The van der Waals surface area contributed by atoms with E-state index in [2.05, 4.69) is 5.92 Å². The first kappa shape index (κ1) is 11.5. The van der Waals surface area contributed by atoms with E-state index in [-0.39, 0.29) is 12.5 Å². The van der Waals surface area contributed by atoms with Crippen LogP contribution in [0.4, 0.5) is 5.69 Å². The molecule has 2 aromatic rings. The molecule has 0 aliphatic carbocycles. The molecular formula is C13H12N2OS. The predicted octanol–water partition coefficient (Wildman–Crippen LogP) is 2.19. The lowest BCUT2D eigenvalue weighted by Crippen LogP contribution is -2.26. The number of amides is 1. The number of carbonyl (C=O) groups is 1. The first-order chi connectivity index (χ1) is 8.15. The van der Waals surface area contributed by atoms with Gasteiger partial charge in [-0.2, -0.15) is 0 Å². The van der Waals surface area contributed by atoms with E-state index in [9.17, 15) is 4.79 Å². The molecule has 0 fully saturated rings. The second kappa shape index (κ2) is 4.48. The van der Waals surface area contributed by atoms with Gasteiger partial charge in [-0.1, -0.05) is 24.1 Å². The largest absolute Gasteiger partial charge is 0.397 e. The second-order valence-corrected chi connectivity index (χ2v) is 4.76. The van der Waals surface area contributed by atoms with E-state index < -0.39 is 0 Å². The smallest absolute Gasteiger partial charge is 0.266 e. The molecule has 3 nitrogen and oxygen atoms in total. The maximum Gasteiger partial charge on any atom is 0.266 e. The third-order valence-electron chi connectivity index (χ3n) is 2.50.